The molecule has 0 radical (unpaired) electrons. The minimum Gasteiger partial charge on any atom is -0.359 e. The maximum Gasteiger partial charge on any atom is 0.251 e. The Labute approximate surface area is 166 Å². The number of carbonyl (C=O) groups is 2. The van der Waals surface area contributed by atoms with E-state index in [9.17, 15) is 9.59 Å². The van der Waals surface area contributed by atoms with Crippen LogP contribution in [0.1, 0.15) is 61.4 Å². The highest BCUT2D eigenvalue weighted by Gasteiger charge is 2.15. The molecule has 3 N–H and O–H groups in total. The van der Waals surface area contributed by atoms with Crippen molar-refractivity contribution in [1.82, 2.24) is 10.8 Å². The van der Waals surface area contributed by atoms with E-state index in [0.29, 0.717) is 12.0 Å². The summed E-state index contributed by atoms with van der Waals surface area (Å²) in [6.45, 7) is 2.44. The van der Waals surface area contributed by atoms with Gasteiger partial charge in [-0.1, -0.05) is 31.6 Å². The van der Waals surface area contributed by atoms with Crippen molar-refractivity contribution in [3.05, 3.63) is 35.4 Å². The quantitative estimate of drug-likeness (QED) is 0.168. The van der Waals surface area contributed by atoms with Gasteiger partial charge in [-0.05, 0) is 37.1 Å². The van der Waals surface area contributed by atoms with Crippen LogP contribution in [0.3, 0.4) is 0 Å². The second-order valence-electron chi connectivity index (χ2n) is 6.36. The topological polar surface area (TPSA) is 96.9 Å². The van der Waals surface area contributed by atoms with Crippen LogP contribution in [0.2, 0.25) is 0 Å². The summed E-state index contributed by atoms with van der Waals surface area (Å²) in [4.78, 5) is 23.7. The Kier molecular flexibility index (Phi) is 12.4. The van der Waals surface area contributed by atoms with E-state index < -0.39 is 11.9 Å². The molecule has 0 unspecified atom stereocenters. The molecule has 0 spiro atoms. The van der Waals surface area contributed by atoms with Gasteiger partial charge >= 0.3 is 0 Å². The lowest BCUT2D eigenvalue weighted by Crippen LogP contribution is -2.39. The highest BCUT2D eigenvalue weighted by molar-refractivity contribution is 5.94. The number of amides is 2. The van der Waals surface area contributed by atoms with E-state index in [4.69, 9.17) is 14.7 Å². The van der Waals surface area contributed by atoms with Crippen molar-refractivity contribution < 1.29 is 24.3 Å². The van der Waals surface area contributed by atoms with Gasteiger partial charge in [0.1, 0.15) is 6.79 Å². The zero-order chi connectivity index (χ0) is 20.6. The second kappa shape index (κ2) is 14.6. The van der Waals surface area contributed by atoms with Crippen LogP contribution in [0.4, 0.5) is 0 Å². The van der Waals surface area contributed by atoms with Crippen molar-refractivity contribution in [3.63, 3.8) is 0 Å². The monoisotopic (exact) mass is 390 g/mol. The van der Waals surface area contributed by atoms with Gasteiger partial charge in [0, 0.05) is 31.1 Å². The zero-order valence-corrected chi connectivity index (χ0v) is 16.6. The van der Waals surface area contributed by atoms with E-state index in [1.807, 2.05) is 12.1 Å². The average molecular weight is 390 g/mol. The summed E-state index contributed by atoms with van der Waals surface area (Å²) in [6, 6.07) is 6.69. The molecule has 0 aromatic heterocycles. The van der Waals surface area contributed by atoms with Crippen molar-refractivity contribution in [3.8, 4) is 11.8 Å². The lowest BCUT2D eigenvalue weighted by molar-refractivity contribution is -0.129. The molecule has 154 valence electrons. The molecule has 1 aromatic rings. The molecule has 1 atom stereocenters. The molecule has 0 aliphatic heterocycles. The predicted molar refractivity (Wildman–Crippen MR) is 106 cm³/mol. The Balaban J connectivity index is 2.61. The van der Waals surface area contributed by atoms with E-state index >= 15 is 0 Å². The number of methoxy groups -OCH3 is 1. The van der Waals surface area contributed by atoms with Gasteiger partial charge in [0.25, 0.3) is 5.91 Å². The molecule has 0 aliphatic carbocycles. The van der Waals surface area contributed by atoms with Gasteiger partial charge in [-0.15, -0.1) is 0 Å². The molecule has 2 amide bonds. The molecule has 0 aliphatic rings. The molecule has 0 bridgehead atoms. The number of nitrogens with one attached hydrogen (secondary N) is 2. The minimum atomic E-state index is -0.521. The Morgan fingerprint density at radius 1 is 1.21 bits per heavy atom. The zero-order valence-electron chi connectivity index (χ0n) is 16.6. The first-order valence-corrected chi connectivity index (χ1v) is 9.50. The molecule has 7 nitrogen and oxygen atoms in total. The van der Waals surface area contributed by atoms with Crippen LogP contribution in [0.5, 0.6) is 0 Å². The maximum absolute atomic E-state index is 12.5. The van der Waals surface area contributed by atoms with Crippen LogP contribution in [-0.2, 0) is 14.3 Å². The predicted octanol–water partition coefficient (Wildman–Crippen LogP) is 2.62. The lowest BCUT2D eigenvalue weighted by atomic mass is 10.1. The number of hydrogen-bond donors (Lipinski definition) is 3. The van der Waals surface area contributed by atoms with Crippen molar-refractivity contribution in [2.45, 2.75) is 51.5 Å². The summed E-state index contributed by atoms with van der Waals surface area (Å²) in [6.07, 6.45) is 4.72. The summed E-state index contributed by atoms with van der Waals surface area (Å²) in [7, 11) is 1.50. The Hall–Kier alpha value is -2.40. The summed E-state index contributed by atoms with van der Waals surface area (Å²) in [5, 5.41) is 11.4. The van der Waals surface area contributed by atoms with Crippen LogP contribution in [0.15, 0.2) is 24.3 Å². The summed E-state index contributed by atoms with van der Waals surface area (Å²) >= 11 is 0. The molecular weight excluding hydrogens is 360 g/mol. The SMILES string of the molecule is CCCCCC#Cc1ccc(C(=O)N[C@@H](CCC(=O)NO)COCOC)cc1. The van der Waals surface area contributed by atoms with Gasteiger partial charge in [-0.2, -0.15) is 0 Å². The molecule has 1 aromatic carbocycles. The molecule has 7 heteroatoms. The van der Waals surface area contributed by atoms with Crippen molar-refractivity contribution in [2.75, 3.05) is 20.5 Å². The largest absolute Gasteiger partial charge is 0.359 e. The molecule has 28 heavy (non-hydrogen) atoms. The lowest BCUT2D eigenvalue weighted by Gasteiger charge is -2.18. The smallest absolute Gasteiger partial charge is 0.251 e. The van der Waals surface area contributed by atoms with E-state index in [0.717, 1.165) is 18.4 Å². The van der Waals surface area contributed by atoms with Crippen molar-refractivity contribution in [1.29, 1.82) is 0 Å². The van der Waals surface area contributed by atoms with Crippen LogP contribution in [0, 0.1) is 11.8 Å². The third kappa shape index (κ3) is 10.1. The van der Waals surface area contributed by atoms with Gasteiger partial charge in [0.05, 0.1) is 12.6 Å². The first kappa shape index (κ1) is 23.6. The van der Waals surface area contributed by atoms with E-state index in [1.54, 1.807) is 17.6 Å². The van der Waals surface area contributed by atoms with Gasteiger partial charge in [0.2, 0.25) is 5.91 Å². The molecule has 1 rings (SSSR count). The Morgan fingerprint density at radius 2 is 1.96 bits per heavy atom. The number of carbonyl (C=O) groups excluding carboxylic acids is 2. The summed E-state index contributed by atoms with van der Waals surface area (Å²) in [5.74, 6) is 5.46. The van der Waals surface area contributed by atoms with Gasteiger partial charge in [-0.25, -0.2) is 5.48 Å². The molecular formula is C21H30N2O5. The van der Waals surface area contributed by atoms with Crippen molar-refractivity contribution >= 4 is 11.8 Å². The molecule has 0 saturated carbocycles. The summed E-state index contributed by atoms with van der Waals surface area (Å²) in [5.41, 5.74) is 2.94. The number of benzene rings is 1. The number of unbranched alkanes of at least 4 members (excludes halogenated alkanes) is 3. The van der Waals surface area contributed by atoms with Gasteiger partial charge < -0.3 is 14.8 Å². The van der Waals surface area contributed by atoms with E-state index in [1.165, 1.54) is 20.0 Å². The number of rotatable bonds is 12. The number of hydroxylamine groups is 1. The standard InChI is InChI=1S/C21H30N2O5/c1-3-4-5-6-7-8-17-9-11-18(12-10-17)21(25)22-19(15-28-16-27-2)13-14-20(24)23-26/h9-12,19,26H,3-6,13-16H2,1-2H3,(H,22,25)(H,23,24)/t19-/m0/s1. The fourth-order valence-electron chi connectivity index (χ4n) is 2.43. The normalized spacial score (nSPS) is 11.2. The van der Waals surface area contributed by atoms with Gasteiger partial charge in [-0.3, -0.25) is 14.8 Å². The van der Waals surface area contributed by atoms with Gasteiger partial charge in [0.15, 0.2) is 0 Å². The average Bonchev–Trinajstić information content (AvgIpc) is 2.72. The highest BCUT2D eigenvalue weighted by atomic mass is 16.7. The number of ether oxygens (including phenoxy) is 2. The maximum atomic E-state index is 12.5. The number of hydrogen-bond acceptors (Lipinski definition) is 5. The third-order valence-corrected chi connectivity index (χ3v) is 3.99. The van der Waals surface area contributed by atoms with Crippen molar-refractivity contribution in [2.24, 2.45) is 0 Å². The molecule has 0 saturated heterocycles. The van der Waals surface area contributed by atoms with Crippen LogP contribution in [-0.4, -0.2) is 43.6 Å². The molecule has 0 heterocycles. The van der Waals surface area contributed by atoms with Crippen LogP contribution in [0.25, 0.3) is 0 Å². The van der Waals surface area contributed by atoms with Crippen LogP contribution >= 0.6 is 0 Å². The first-order valence-electron chi connectivity index (χ1n) is 9.50. The Bertz CT molecular complexity index is 649. The fraction of sp³-hybridized carbons (Fsp3) is 0.524. The van der Waals surface area contributed by atoms with E-state index in [2.05, 4.69) is 24.1 Å². The first-order chi connectivity index (χ1) is 13.6. The summed E-state index contributed by atoms with van der Waals surface area (Å²) < 4.78 is 10.1. The fourth-order valence-corrected chi connectivity index (χ4v) is 2.43. The third-order valence-electron chi connectivity index (χ3n) is 3.99. The highest BCUT2D eigenvalue weighted by Crippen LogP contribution is 2.06. The Morgan fingerprint density at radius 3 is 2.61 bits per heavy atom. The second-order valence-corrected chi connectivity index (χ2v) is 6.36. The van der Waals surface area contributed by atoms with E-state index in [-0.39, 0.29) is 25.7 Å². The van der Waals surface area contributed by atoms with Crippen LogP contribution < -0.4 is 10.8 Å². The minimum absolute atomic E-state index is 0.0599. The molecule has 0 fully saturated rings.